The molecule has 1 fully saturated rings. The average molecular weight is 308 g/mol. The number of nitrogens with zero attached hydrogens (tertiary/aromatic N) is 2. The lowest BCUT2D eigenvalue weighted by molar-refractivity contribution is -0.137. The first-order chi connectivity index (χ1) is 9.12. The zero-order valence-electron chi connectivity index (χ0n) is 12.4. The van der Waals surface area contributed by atoms with Gasteiger partial charge in [-0.3, -0.25) is 4.79 Å². The zero-order valence-corrected chi connectivity index (χ0v) is 13.3. The van der Waals surface area contributed by atoms with Crippen molar-refractivity contribution in [3.05, 3.63) is 0 Å². The zero-order chi connectivity index (χ0) is 15.5. The molecule has 0 spiro atoms. The standard InChI is InChI=1S/C12H24N2O5S/c1-9(2)5-13(8-12(15)16)20(17,18)14-6-10(3)19-11(4)7-14/h9-11H,5-8H2,1-4H3,(H,15,16). The number of morpholine rings is 1. The van der Waals surface area contributed by atoms with Crippen LogP contribution in [0.4, 0.5) is 0 Å². The van der Waals surface area contributed by atoms with Gasteiger partial charge in [0.05, 0.1) is 12.2 Å². The highest BCUT2D eigenvalue weighted by atomic mass is 32.2. The van der Waals surface area contributed by atoms with Gasteiger partial charge in [-0.2, -0.15) is 17.0 Å². The Labute approximate surface area is 120 Å². The van der Waals surface area contributed by atoms with Crippen LogP contribution in [-0.4, -0.2) is 66.5 Å². The van der Waals surface area contributed by atoms with E-state index in [0.717, 1.165) is 4.31 Å². The number of aliphatic carboxylic acids is 1. The molecule has 118 valence electrons. The fourth-order valence-corrected chi connectivity index (χ4v) is 4.16. The molecule has 7 nitrogen and oxygen atoms in total. The molecule has 1 heterocycles. The second kappa shape index (κ2) is 6.84. The van der Waals surface area contributed by atoms with E-state index < -0.39 is 22.7 Å². The Balaban J connectivity index is 2.93. The van der Waals surface area contributed by atoms with E-state index in [1.807, 2.05) is 27.7 Å². The first-order valence-electron chi connectivity index (χ1n) is 6.75. The van der Waals surface area contributed by atoms with Crippen LogP contribution >= 0.6 is 0 Å². The van der Waals surface area contributed by atoms with E-state index in [4.69, 9.17) is 9.84 Å². The molecule has 8 heteroatoms. The maximum atomic E-state index is 12.6. The topological polar surface area (TPSA) is 87.2 Å². The molecule has 1 rings (SSSR count). The molecule has 1 aliphatic rings. The molecule has 1 N–H and O–H groups in total. The lowest BCUT2D eigenvalue weighted by Crippen LogP contribution is -2.54. The SMILES string of the molecule is CC(C)CN(CC(=O)O)S(=O)(=O)N1CC(C)OC(C)C1. The molecule has 0 amide bonds. The van der Waals surface area contributed by atoms with Gasteiger partial charge in [0.15, 0.2) is 0 Å². The van der Waals surface area contributed by atoms with Crippen LogP contribution in [0.25, 0.3) is 0 Å². The highest BCUT2D eigenvalue weighted by molar-refractivity contribution is 7.86. The Hall–Kier alpha value is -0.700. The maximum absolute atomic E-state index is 12.6. The number of rotatable bonds is 6. The number of ether oxygens (including phenoxy) is 1. The van der Waals surface area contributed by atoms with E-state index in [0.29, 0.717) is 0 Å². The molecule has 2 unspecified atom stereocenters. The third-order valence-corrected chi connectivity index (χ3v) is 4.80. The van der Waals surface area contributed by atoms with Gasteiger partial charge >= 0.3 is 5.97 Å². The van der Waals surface area contributed by atoms with Crippen LogP contribution in [0.1, 0.15) is 27.7 Å². The Morgan fingerprint density at radius 2 is 1.85 bits per heavy atom. The summed E-state index contributed by atoms with van der Waals surface area (Å²) in [6.45, 7) is 7.51. The third kappa shape index (κ3) is 4.69. The van der Waals surface area contributed by atoms with Crippen LogP contribution in [0.5, 0.6) is 0 Å². The summed E-state index contributed by atoms with van der Waals surface area (Å²) in [7, 11) is -3.77. The highest BCUT2D eigenvalue weighted by Gasteiger charge is 2.36. The van der Waals surface area contributed by atoms with Gasteiger partial charge in [-0.05, 0) is 19.8 Å². The monoisotopic (exact) mass is 308 g/mol. The van der Waals surface area contributed by atoms with Crippen molar-refractivity contribution in [2.45, 2.75) is 39.9 Å². The summed E-state index contributed by atoms with van der Waals surface area (Å²) in [6, 6.07) is 0. The molecular formula is C12H24N2O5S. The van der Waals surface area contributed by atoms with Gasteiger partial charge in [0, 0.05) is 19.6 Å². The minimum Gasteiger partial charge on any atom is -0.480 e. The van der Waals surface area contributed by atoms with Crippen molar-refractivity contribution in [2.75, 3.05) is 26.2 Å². The number of carboxylic acid groups (broad SMARTS) is 1. The van der Waals surface area contributed by atoms with Crippen molar-refractivity contribution in [3.63, 3.8) is 0 Å². The van der Waals surface area contributed by atoms with Crippen LogP contribution in [-0.2, 0) is 19.7 Å². The molecule has 0 radical (unpaired) electrons. The molecule has 0 aromatic carbocycles. The van der Waals surface area contributed by atoms with E-state index in [1.54, 1.807) is 0 Å². The van der Waals surface area contributed by atoms with Crippen molar-refractivity contribution in [1.29, 1.82) is 0 Å². The van der Waals surface area contributed by atoms with E-state index in [9.17, 15) is 13.2 Å². The molecule has 0 bridgehead atoms. The minimum atomic E-state index is -3.77. The highest BCUT2D eigenvalue weighted by Crippen LogP contribution is 2.18. The largest absolute Gasteiger partial charge is 0.480 e. The Bertz CT molecular complexity index is 427. The predicted octanol–water partition coefficient (Wildman–Crippen LogP) is 0.383. The summed E-state index contributed by atoms with van der Waals surface area (Å²) in [4.78, 5) is 10.9. The lowest BCUT2D eigenvalue weighted by atomic mass is 10.2. The third-order valence-electron chi connectivity index (χ3n) is 2.92. The predicted molar refractivity (Wildman–Crippen MR) is 74.5 cm³/mol. The molecule has 0 saturated carbocycles. The first kappa shape index (κ1) is 17.4. The normalized spacial score (nSPS) is 25.3. The molecule has 1 aliphatic heterocycles. The van der Waals surface area contributed by atoms with Crippen LogP contribution in [0.15, 0.2) is 0 Å². The molecule has 2 atom stereocenters. The van der Waals surface area contributed by atoms with Gasteiger partial charge in [0.25, 0.3) is 10.2 Å². The Morgan fingerprint density at radius 3 is 2.25 bits per heavy atom. The molecule has 0 aromatic heterocycles. The van der Waals surface area contributed by atoms with E-state index in [1.165, 1.54) is 4.31 Å². The van der Waals surface area contributed by atoms with Crippen LogP contribution in [0.3, 0.4) is 0 Å². The number of carbonyl (C=O) groups is 1. The van der Waals surface area contributed by atoms with E-state index in [-0.39, 0.29) is 37.8 Å². The van der Waals surface area contributed by atoms with Crippen molar-refractivity contribution in [1.82, 2.24) is 8.61 Å². The molecule has 1 saturated heterocycles. The van der Waals surface area contributed by atoms with E-state index in [2.05, 4.69) is 0 Å². The van der Waals surface area contributed by atoms with Gasteiger partial charge in [-0.15, -0.1) is 0 Å². The van der Waals surface area contributed by atoms with Gasteiger partial charge in [-0.1, -0.05) is 13.8 Å². The van der Waals surface area contributed by atoms with Crippen LogP contribution < -0.4 is 0 Å². The fourth-order valence-electron chi connectivity index (χ4n) is 2.28. The smallest absolute Gasteiger partial charge is 0.318 e. The average Bonchev–Trinajstić information content (AvgIpc) is 2.25. The van der Waals surface area contributed by atoms with Gasteiger partial charge < -0.3 is 9.84 Å². The lowest BCUT2D eigenvalue weighted by Gasteiger charge is -2.37. The first-order valence-corrected chi connectivity index (χ1v) is 8.15. The molecule has 0 aliphatic carbocycles. The van der Waals surface area contributed by atoms with Gasteiger partial charge in [-0.25, -0.2) is 0 Å². The van der Waals surface area contributed by atoms with Crippen molar-refractivity contribution >= 4 is 16.2 Å². The summed E-state index contributed by atoms with van der Waals surface area (Å²) < 4.78 is 33.0. The fraction of sp³-hybridized carbons (Fsp3) is 0.917. The second-order valence-corrected chi connectivity index (χ2v) is 7.59. The number of hydrogen-bond donors (Lipinski definition) is 1. The van der Waals surface area contributed by atoms with Crippen molar-refractivity contribution < 1.29 is 23.1 Å². The van der Waals surface area contributed by atoms with E-state index >= 15 is 0 Å². The molecule has 0 aromatic rings. The Morgan fingerprint density at radius 1 is 1.35 bits per heavy atom. The summed E-state index contributed by atoms with van der Waals surface area (Å²) >= 11 is 0. The minimum absolute atomic E-state index is 0.0556. The maximum Gasteiger partial charge on any atom is 0.318 e. The summed E-state index contributed by atoms with van der Waals surface area (Å²) in [6.07, 6.45) is -0.390. The van der Waals surface area contributed by atoms with Crippen molar-refractivity contribution in [2.24, 2.45) is 5.92 Å². The molecular weight excluding hydrogens is 284 g/mol. The number of carboxylic acids is 1. The van der Waals surface area contributed by atoms with Crippen molar-refractivity contribution in [3.8, 4) is 0 Å². The Kier molecular flexibility index (Phi) is 5.93. The molecule has 20 heavy (non-hydrogen) atoms. The quantitative estimate of drug-likeness (QED) is 0.766. The van der Waals surface area contributed by atoms with Crippen LogP contribution in [0, 0.1) is 5.92 Å². The second-order valence-electron chi connectivity index (χ2n) is 5.66. The summed E-state index contributed by atoms with van der Waals surface area (Å²) in [5.74, 6) is -1.09. The number of hydrogen-bond acceptors (Lipinski definition) is 4. The summed E-state index contributed by atoms with van der Waals surface area (Å²) in [5.41, 5.74) is 0. The van der Waals surface area contributed by atoms with Crippen LogP contribution in [0.2, 0.25) is 0 Å². The summed E-state index contributed by atoms with van der Waals surface area (Å²) in [5, 5.41) is 8.91. The van der Waals surface area contributed by atoms with Gasteiger partial charge in [0.1, 0.15) is 6.54 Å². The van der Waals surface area contributed by atoms with Gasteiger partial charge in [0.2, 0.25) is 0 Å².